The minimum Gasteiger partial charge on any atom is -0.325 e. The fourth-order valence-corrected chi connectivity index (χ4v) is 0. The van der Waals surface area contributed by atoms with E-state index >= 15 is 0 Å². The van der Waals surface area contributed by atoms with E-state index in [0.717, 1.165) is 11.7 Å². The van der Waals surface area contributed by atoms with Gasteiger partial charge in [-0.15, -0.1) is 0 Å². The van der Waals surface area contributed by atoms with Crippen LogP contribution < -0.4 is 0 Å². The van der Waals surface area contributed by atoms with Crippen LogP contribution in [-0.2, 0) is 34.4 Å². The molecule has 0 aliphatic rings. The molecule has 0 fully saturated rings. The van der Waals surface area contributed by atoms with Crippen molar-refractivity contribution >= 4 is 47.9 Å². The zero-order valence-corrected chi connectivity index (χ0v) is 17.7. The highest BCUT2D eigenvalue weighted by Crippen LogP contribution is 2.26. The van der Waals surface area contributed by atoms with Crippen molar-refractivity contribution < 1.29 is 33.6 Å². The van der Waals surface area contributed by atoms with E-state index in [4.69, 9.17) is 29.4 Å². The molecule has 0 aliphatic heterocycles. The van der Waals surface area contributed by atoms with E-state index in [0.29, 0.717) is 0 Å². The molecule has 0 aromatic carbocycles. The van der Waals surface area contributed by atoms with E-state index in [1.165, 1.54) is 0 Å². The first kappa shape index (κ1) is 33.7. The minimum atomic E-state index is -3.81. The molecule has 136 valence electrons. The summed E-state index contributed by atoms with van der Waals surface area (Å²) in [6.07, 6.45) is 1.69. The second kappa shape index (κ2) is 21.2. The third kappa shape index (κ3) is 760. The van der Waals surface area contributed by atoms with Crippen LogP contribution in [0, 0.1) is 5.92 Å². The summed E-state index contributed by atoms with van der Waals surface area (Å²) in [6, 6.07) is 0. The van der Waals surface area contributed by atoms with E-state index in [-0.39, 0.29) is 0 Å². The van der Waals surface area contributed by atoms with Gasteiger partial charge in [0, 0.05) is 22.8 Å². The van der Waals surface area contributed by atoms with Crippen molar-refractivity contribution in [3.05, 3.63) is 0 Å². The monoisotopic (exact) mass is 408 g/mol. The Bertz CT molecular complexity index is 262. The van der Waals surface area contributed by atoms with Crippen LogP contribution in [0.15, 0.2) is 0 Å². The zero-order valence-electron chi connectivity index (χ0n) is 13.5. The lowest BCUT2D eigenvalue weighted by atomic mass is 10.3. The fourth-order valence-electron chi connectivity index (χ4n) is 0. The molecule has 0 bridgehead atoms. The Morgan fingerprint density at radius 1 is 0.905 bits per heavy atom. The van der Waals surface area contributed by atoms with Gasteiger partial charge in [0.25, 0.3) is 0 Å². The Morgan fingerprint density at radius 2 is 0.952 bits per heavy atom. The molecular formula is C9H30O7P2S3. The summed E-state index contributed by atoms with van der Waals surface area (Å²) in [5.74, 6) is 1.61. The van der Waals surface area contributed by atoms with Crippen molar-refractivity contribution in [3.8, 4) is 0 Å². The average Bonchev–Trinajstić information content (AvgIpc) is 2.14. The second-order valence-corrected chi connectivity index (χ2v) is 10.3. The third-order valence-electron chi connectivity index (χ3n) is 0.407. The predicted octanol–water partition coefficient (Wildman–Crippen LogP) is 1.45. The van der Waals surface area contributed by atoms with Gasteiger partial charge in [0.1, 0.15) is 0 Å². The Morgan fingerprint density at radius 3 is 0.952 bits per heavy atom. The van der Waals surface area contributed by atoms with Gasteiger partial charge in [-0.1, -0.05) is 41.5 Å². The van der Waals surface area contributed by atoms with Crippen molar-refractivity contribution in [3.63, 3.8) is 0 Å². The standard InChI is InChI=1S/C4H10.C3H8OS.C2H6.2H3O3PS/c1-4(2)3;1-3-5(2)4;1-2;2*1-4(2,3)5/h4H,1-3H3;3H2,1-2H3;1-2H3;2*(H3,1,2,3,5). The summed E-state index contributed by atoms with van der Waals surface area (Å²) < 4.78 is 9.92. The van der Waals surface area contributed by atoms with Gasteiger partial charge in [-0.25, -0.2) is 0 Å². The van der Waals surface area contributed by atoms with Crippen molar-refractivity contribution in [2.45, 2.75) is 41.5 Å². The summed E-state index contributed by atoms with van der Waals surface area (Å²) in [4.78, 5) is 45.3. The lowest BCUT2D eigenvalue weighted by Gasteiger charge is -1.88. The van der Waals surface area contributed by atoms with Gasteiger partial charge in [-0.3, -0.25) is 4.21 Å². The molecule has 0 saturated heterocycles. The molecule has 0 radical (unpaired) electrons. The molecule has 0 saturated carbocycles. The number of hydrogen-bond acceptors (Lipinski definition) is 3. The van der Waals surface area contributed by atoms with Crippen LogP contribution in [0.2, 0.25) is 0 Å². The second-order valence-electron chi connectivity index (χ2n) is 3.62. The molecule has 21 heavy (non-hydrogen) atoms. The summed E-state index contributed by atoms with van der Waals surface area (Å²) in [6.45, 7) is 4.79. The average molecular weight is 408 g/mol. The molecule has 0 aromatic rings. The van der Waals surface area contributed by atoms with Gasteiger partial charge in [-0.2, -0.15) is 0 Å². The lowest BCUT2D eigenvalue weighted by molar-refractivity contribution is 0.361. The highest BCUT2D eigenvalue weighted by molar-refractivity contribution is 8.06. The Kier molecular flexibility index (Phi) is 34.1. The maximum absolute atomic E-state index is 9.92. The molecule has 0 spiro atoms. The van der Waals surface area contributed by atoms with E-state index in [2.05, 4.69) is 44.4 Å². The third-order valence-corrected chi connectivity index (χ3v) is 1.22. The molecule has 0 aliphatic carbocycles. The first-order valence-electron chi connectivity index (χ1n) is 5.87. The van der Waals surface area contributed by atoms with Gasteiger partial charge in [0.05, 0.1) is 0 Å². The van der Waals surface area contributed by atoms with Crippen LogP contribution >= 0.6 is 13.4 Å². The van der Waals surface area contributed by atoms with Crippen molar-refractivity contribution in [1.29, 1.82) is 0 Å². The fraction of sp³-hybridized carbons (Fsp3) is 1.00. The van der Waals surface area contributed by atoms with Gasteiger partial charge >= 0.3 is 13.4 Å². The SMILES string of the molecule is CC.CC(C)C.CCS(C)=O.OP(O)(O)=S.OP(O)(O)=S. The molecule has 0 rings (SSSR count). The molecule has 0 amide bonds. The molecule has 0 heterocycles. The van der Waals surface area contributed by atoms with E-state index in [9.17, 15) is 4.21 Å². The molecule has 1 unspecified atom stereocenters. The first-order valence-corrected chi connectivity index (χ1v) is 12.9. The Labute approximate surface area is 141 Å². The van der Waals surface area contributed by atoms with Gasteiger partial charge in [0.15, 0.2) is 0 Å². The van der Waals surface area contributed by atoms with Crippen molar-refractivity contribution in [1.82, 2.24) is 0 Å². The maximum Gasteiger partial charge on any atom is 0.319 e. The molecule has 12 heteroatoms. The molecule has 1 atom stereocenters. The molecule has 0 aromatic heterocycles. The molecule has 7 nitrogen and oxygen atoms in total. The molecular weight excluding hydrogens is 378 g/mol. The van der Waals surface area contributed by atoms with E-state index in [1.807, 2.05) is 20.8 Å². The Balaban J connectivity index is -0.0000000522. The van der Waals surface area contributed by atoms with Crippen LogP contribution in [0.25, 0.3) is 0 Å². The largest absolute Gasteiger partial charge is 0.325 e. The minimum absolute atomic E-state index is 0.573. The highest BCUT2D eigenvalue weighted by atomic mass is 32.5. The van der Waals surface area contributed by atoms with Gasteiger partial charge in [0.2, 0.25) is 0 Å². The van der Waals surface area contributed by atoms with Gasteiger partial charge in [-0.05, 0) is 29.5 Å². The van der Waals surface area contributed by atoms with Crippen LogP contribution in [0.4, 0.5) is 0 Å². The predicted molar refractivity (Wildman–Crippen MR) is 98.4 cm³/mol. The van der Waals surface area contributed by atoms with Crippen LogP contribution in [0.3, 0.4) is 0 Å². The Hall–Kier alpha value is 1.21. The van der Waals surface area contributed by atoms with Crippen LogP contribution in [0.5, 0.6) is 0 Å². The normalized spacial score (nSPS) is 11.1. The smallest absolute Gasteiger partial charge is 0.319 e. The van der Waals surface area contributed by atoms with E-state index in [1.54, 1.807) is 6.26 Å². The zero-order chi connectivity index (χ0) is 18.9. The molecule has 6 N–H and O–H groups in total. The van der Waals surface area contributed by atoms with Crippen molar-refractivity contribution in [2.75, 3.05) is 12.0 Å². The van der Waals surface area contributed by atoms with Crippen molar-refractivity contribution in [2.24, 2.45) is 5.92 Å². The number of rotatable bonds is 1. The number of hydrogen-bond donors (Lipinski definition) is 6. The van der Waals surface area contributed by atoms with Crippen LogP contribution in [-0.4, -0.2) is 45.6 Å². The van der Waals surface area contributed by atoms with Crippen LogP contribution in [0.1, 0.15) is 41.5 Å². The maximum atomic E-state index is 9.92. The topological polar surface area (TPSA) is 138 Å². The summed E-state index contributed by atoms with van der Waals surface area (Å²) >= 11 is 7.21. The quantitative estimate of drug-likeness (QED) is 0.356. The first-order chi connectivity index (χ1) is 9.00. The van der Waals surface area contributed by atoms with E-state index < -0.39 is 24.2 Å². The lowest BCUT2D eigenvalue weighted by Crippen LogP contribution is -1.83. The summed E-state index contributed by atoms with van der Waals surface area (Å²) in [7, 11) is -0.573. The summed E-state index contributed by atoms with van der Waals surface area (Å²) in [5.41, 5.74) is 0. The summed E-state index contributed by atoms with van der Waals surface area (Å²) in [5, 5.41) is 0. The van der Waals surface area contributed by atoms with Gasteiger partial charge < -0.3 is 29.4 Å². The highest BCUT2D eigenvalue weighted by Gasteiger charge is 1.92.